The van der Waals surface area contributed by atoms with Crippen LogP contribution in [0.5, 0.6) is 0 Å². The highest BCUT2D eigenvalue weighted by Gasteiger charge is 2.33. The van der Waals surface area contributed by atoms with Crippen LogP contribution in [0.4, 0.5) is 5.69 Å². The maximum atomic E-state index is 13.9. The predicted molar refractivity (Wildman–Crippen MR) is 156 cm³/mol. The van der Waals surface area contributed by atoms with E-state index in [4.69, 9.17) is 23.2 Å². The average molecular weight is 674 g/mol. The predicted octanol–water partition coefficient (Wildman–Crippen LogP) is 4.75. The minimum absolute atomic E-state index is 0.0907. The van der Waals surface area contributed by atoms with E-state index in [1.165, 1.54) is 11.9 Å². The second-order valence-electron chi connectivity index (χ2n) is 8.29. The summed E-state index contributed by atoms with van der Waals surface area (Å²) in [6.07, 6.45) is 1.24. The lowest BCUT2D eigenvalue weighted by Crippen LogP contribution is -2.53. The third-order valence-corrected chi connectivity index (χ3v) is 8.27. The fourth-order valence-electron chi connectivity index (χ4n) is 3.80. The zero-order chi connectivity index (χ0) is 27.2. The highest BCUT2D eigenvalue weighted by molar-refractivity contribution is 14.1. The number of likely N-dealkylation sites (N-methyl/N-ethyl adjacent to an activating group) is 1. The van der Waals surface area contributed by atoms with E-state index in [0.717, 1.165) is 19.7 Å². The maximum absolute atomic E-state index is 13.9. The van der Waals surface area contributed by atoms with Crippen LogP contribution in [-0.2, 0) is 32.6 Å². The van der Waals surface area contributed by atoms with Crippen molar-refractivity contribution in [2.24, 2.45) is 0 Å². The number of hydrogen-bond donors (Lipinski definition) is 1. The lowest BCUT2D eigenvalue weighted by atomic mass is 10.0. The fourth-order valence-corrected chi connectivity index (χ4v) is 5.52. The van der Waals surface area contributed by atoms with Gasteiger partial charge in [-0.1, -0.05) is 59.6 Å². The number of rotatable bonds is 10. The second kappa shape index (κ2) is 12.9. The van der Waals surface area contributed by atoms with E-state index in [-0.39, 0.29) is 13.0 Å². The molecule has 3 aromatic carbocycles. The highest BCUT2D eigenvalue weighted by Crippen LogP contribution is 2.28. The summed E-state index contributed by atoms with van der Waals surface area (Å²) in [6, 6.07) is 20.0. The first-order chi connectivity index (χ1) is 17.5. The Kier molecular flexibility index (Phi) is 10.2. The van der Waals surface area contributed by atoms with Gasteiger partial charge in [-0.2, -0.15) is 0 Å². The number of amides is 2. The van der Waals surface area contributed by atoms with E-state index >= 15 is 0 Å². The van der Waals surface area contributed by atoms with E-state index < -0.39 is 34.4 Å². The molecule has 0 aliphatic rings. The Morgan fingerprint density at radius 3 is 2.08 bits per heavy atom. The van der Waals surface area contributed by atoms with Crippen molar-refractivity contribution in [3.05, 3.63) is 97.5 Å². The Hall–Kier alpha value is -2.34. The van der Waals surface area contributed by atoms with Crippen molar-refractivity contribution in [1.82, 2.24) is 10.2 Å². The van der Waals surface area contributed by atoms with Crippen LogP contribution in [0.25, 0.3) is 0 Å². The number of anilines is 1. The molecule has 7 nitrogen and oxygen atoms in total. The summed E-state index contributed by atoms with van der Waals surface area (Å²) in [5.41, 5.74) is 1.63. The van der Waals surface area contributed by atoms with E-state index in [2.05, 4.69) is 27.9 Å². The Morgan fingerprint density at radius 1 is 0.946 bits per heavy atom. The van der Waals surface area contributed by atoms with Crippen LogP contribution in [0.3, 0.4) is 0 Å². The molecule has 0 fully saturated rings. The van der Waals surface area contributed by atoms with Gasteiger partial charge in [-0.15, -0.1) is 0 Å². The zero-order valence-corrected chi connectivity index (χ0v) is 24.7. The van der Waals surface area contributed by atoms with Gasteiger partial charge in [0.1, 0.15) is 12.6 Å². The van der Waals surface area contributed by atoms with Crippen LogP contribution < -0.4 is 9.62 Å². The smallest absolute Gasteiger partial charge is 0.244 e. The van der Waals surface area contributed by atoms with Gasteiger partial charge in [0, 0.05) is 39.2 Å². The van der Waals surface area contributed by atoms with E-state index in [9.17, 15) is 18.0 Å². The van der Waals surface area contributed by atoms with Crippen LogP contribution in [0.1, 0.15) is 11.1 Å². The summed E-state index contributed by atoms with van der Waals surface area (Å²) < 4.78 is 27.4. The molecule has 0 aromatic heterocycles. The molecule has 0 radical (unpaired) electrons. The number of sulfonamides is 1. The molecule has 3 rings (SSSR count). The van der Waals surface area contributed by atoms with Crippen molar-refractivity contribution in [3.8, 4) is 0 Å². The molecule has 0 saturated carbocycles. The van der Waals surface area contributed by atoms with Gasteiger partial charge in [-0.05, 0) is 64.6 Å². The molecule has 1 N–H and O–H groups in total. The fraction of sp³-hybridized carbons (Fsp3) is 0.231. The molecule has 37 heavy (non-hydrogen) atoms. The monoisotopic (exact) mass is 673 g/mol. The molecule has 0 unspecified atom stereocenters. The van der Waals surface area contributed by atoms with Crippen LogP contribution in [0, 0.1) is 3.57 Å². The summed E-state index contributed by atoms with van der Waals surface area (Å²) in [5.74, 6) is -0.981. The Balaban J connectivity index is 2.06. The molecular weight excluding hydrogens is 648 g/mol. The van der Waals surface area contributed by atoms with E-state index in [0.29, 0.717) is 21.3 Å². The topological polar surface area (TPSA) is 86.8 Å². The van der Waals surface area contributed by atoms with Gasteiger partial charge in [0.05, 0.1) is 11.9 Å². The second-order valence-corrected chi connectivity index (χ2v) is 12.3. The third-order valence-electron chi connectivity index (χ3n) is 5.70. The molecule has 0 aliphatic heterocycles. The molecule has 3 aromatic rings. The van der Waals surface area contributed by atoms with Gasteiger partial charge in [-0.3, -0.25) is 13.9 Å². The van der Waals surface area contributed by atoms with Gasteiger partial charge in [0.2, 0.25) is 21.8 Å². The first kappa shape index (κ1) is 29.2. The quantitative estimate of drug-likeness (QED) is 0.315. The van der Waals surface area contributed by atoms with Gasteiger partial charge in [0.15, 0.2) is 0 Å². The molecule has 0 spiro atoms. The molecule has 1 atom stereocenters. The average Bonchev–Trinajstić information content (AvgIpc) is 2.86. The van der Waals surface area contributed by atoms with Gasteiger partial charge < -0.3 is 10.2 Å². The van der Waals surface area contributed by atoms with Crippen LogP contribution >= 0.6 is 45.8 Å². The summed E-state index contributed by atoms with van der Waals surface area (Å²) in [5, 5.41) is 3.29. The maximum Gasteiger partial charge on any atom is 0.244 e. The van der Waals surface area contributed by atoms with Crippen molar-refractivity contribution in [2.45, 2.75) is 19.0 Å². The third kappa shape index (κ3) is 7.83. The number of carbonyl (C=O) groups is 2. The van der Waals surface area contributed by atoms with Gasteiger partial charge in [-0.25, -0.2) is 8.42 Å². The lowest BCUT2D eigenvalue weighted by molar-refractivity contribution is -0.139. The van der Waals surface area contributed by atoms with Crippen LogP contribution in [-0.4, -0.2) is 51.0 Å². The number of hydrogen-bond acceptors (Lipinski definition) is 4. The molecule has 196 valence electrons. The van der Waals surface area contributed by atoms with Crippen molar-refractivity contribution in [1.29, 1.82) is 0 Å². The van der Waals surface area contributed by atoms with Crippen LogP contribution in [0.15, 0.2) is 72.8 Å². The number of carbonyl (C=O) groups excluding carboxylic acids is 2. The molecular formula is C26H26Cl2IN3O4S. The Morgan fingerprint density at radius 2 is 1.54 bits per heavy atom. The van der Waals surface area contributed by atoms with Crippen molar-refractivity contribution < 1.29 is 18.0 Å². The summed E-state index contributed by atoms with van der Waals surface area (Å²) in [6.45, 7) is -0.601. The summed E-state index contributed by atoms with van der Waals surface area (Å²) in [4.78, 5) is 28.3. The highest BCUT2D eigenvalue weighted by atomic mass is 127. The molecule has 0 aliphatic carbocycles. The number of nitrogens with one attached hydrogen (secondary N) is 1. The Labute approximate surface area is 240 Å². The molecule has 2 amide bonds. The zero-order valence-electron chi connectivity index (χ0n) is 20.2. The minimum Gasteiger partial charge on any atom is -0.357 e. The minimum atomic E-state index is -3.83. The standard InChI is InChI=1S/C26H26Cl2IN3O4S/c1-30-26(34)24(15-18-7-4-3-5-8-18)31(16-21-22(27)9-6-10-23(21)28)25(33)17-32(37(2,35)36)20-13-11-19(29)12-14-20/h3-14,24H,15-17H2,1-2H3,(H,30,34)/t24-/m1/s1. The largest absolute Gasteiger partial charge is 0.357 e. The van der Waals surface area contributed by atoms with Crippen molar-refractivity contribution in [3.63, 3.8) is 0 Å². The SMILES string of the molecule is CNC(=O)[C@@H](Cc1ccccc1)N(Cc1c(Cl)cccc1Cl)C(=O)CN(c1ccc(I)cc1)S(C)(=O)=O. The summed E-state index contributed by atoms with van der Waals surface area (Å²) in [7, 11) is -2.34. The normalized spacial score (nSPS) is 12.0. The molecule has 11 heteroatoms. The molecule has 0 saturated heterocycles. The van der Waals surface area contributed by atoms with E-state index in [1.54, 1.807) is 42.5 Å². The number of benzene rings is 3. The van der Waals surface area contributed by atoms with Crippen LogP contribution in [0.2, 0.25) is 10.0 Å². The molecule has 0 heterocycles. The van der Waals surface area contributed by atoms with Gasteiger partial charge >= 0.3 is 0 Å². The van der Waals surface area contributed by atoms with Gasteiger partial charge in [0.25, 0.3) is 0 Å². The van der Waals surface area contributed by atoms with E-state index in [1.807, 2.05) is 30.3 Å². The lowest BCUT2D eigenvalue weighted by Gasteiger charge is -2.33. The Bertz CT molecular complexity index is 1340. The summed E-state index contributed by atoms with van der Waals surface area (Å²) >= 11 is 14.9. The van der Waals surface area contributed by atoms with Crippen molar-refractivity contribution >= 4 is 73.3 Å². The number of halogens is 3. The molecule has 0 bridgehead atoms. The first-order valence-corrected chi connectivity index (χ1v) is 14.9. The first-order valence-electron chi connectivity index (χ1n) is 11.2. The van der Waals surface area contributed by atoms with Crippen molar-refractivity contribution in [2.75, 3.05) is 24.2 Å². The number of nitrogens with zero attached hydrogens (tertiary/aromatic N) is 2.